The summed E-state index contributed by atoms with van der Waals surface area (Å²) in [6, 6.07) is 3.98. The van der Waals surface area contributed by atoms with E-state index in [2.05, 4.69) is 40.4 Å². The highest BCUT2D eigenvalue weighted by atomic mass is 79.9. The van der Waals surface area contributed by atoms with Gasteiger partial charge in [-0.3, -0.25) is 0 Å². The predicted octanol–water partition coefficient (Wildman–Crippen LogP) is 2.56. The number of hydrogen-bond donors (Lipinski definition) is 3. The van der Waals surface area contributed by atoms with Crippen LogP contribution in [-0.2, 0) is 6.61 Å². The molecule has 0 aliphatic carbocycles. The quantitative estimate of drug-likeness (QED) is 0.735. The van der Waals surface area contributed by atoms with E-state index in [0.29, 0.717) is 0 Å². The molecule has 0 spiro atoms. The molecule has 3 N–H and O–H groups in total. The number of anilines is 2. The van der Waals surface area contributed by atoms with Crippen LogP contribution in [0.4, 0.5) is 11.4 Å². The summed E-state index contributed by atoms with van der Waals surface area (Å²) in [5, 5.41) is 16.1. The molecule has 1 heterocycles. The van der Waals surface area contributed by atoms with Gasteiger partial charge in [0.25, 0.3) is 0 Å². The van der Waals surface area contributed by atoms with Crippen LogP contribution in [-0.4, -0.2) is 17.2 Å². The van der Waals surface area contributed by atoms with Gasteiger partial charge in [0.05, 0.1) is 18.0 Å². The first-order chi connectivity index (χ1) is 7.03. The number of aliphatic hydroxyl groups excluding tert-OH is 1. The Hall–Kier alpha value is -0.740. The minimum absolute atomic E-state index is 0.0405. The molecule has 0 fully saturated rings. The van der Waals surface area contributed by atoms with Gasteiger partial charge < -0.3 is 15.7 Å². The maximum Gasteiger partial charge on any atom is 0.0714 e. The van der Waals surface area contributed by atoms with Crippen molar-refractivity contribution in [2.75, 3.05) is 17.2 Å². The lowest BCUT2D eigenvalue weighted by Crippen LogP contribution is -2.42. The van der Waals surface area contributed by atoms with Crippen molar-refractivity contribution in [2.24, 2.45) is 0 Å². The fraction of sp³-hybridized carbons (Fsp3) is 0.455. The maximum absolute atomic E-state index is 9.31. The molecular weight excluding hydrogens is 256 g/mol. The van der Waals surface area contributed by atoms with E-state index >= 15 is 0 Å². The van der Waals surface area contributed by atoms with E-state index in [1.165, 1.54) is 0 Å². The van der Waals surface area contributed by atoms with Crippen LogP contribution in [0.15, 0.2) is 16.6 Å². The number of hydrogen-bond acceptors (Lipinski definition) is 3. The molecule has 0 unspecified atom stereocenters. The largest absolute Gasteiger partial charge is 0.392 e. The lowest BCUT2D eigenvalue weighted by Gasteiger charge is -2.35. The van der Waals surface area contributed by atoms with E-state index < -0.39 is 0 Å². The Kier molecular flexibility index (Phi) is 2.64. The summed E-state index contributed by atoms with van der Waals surface area (Å²) in [5.74, 6) is 0. The molecule has 1 aromatic rings. The van der Waals surface area contributed by atoms with Crippen LogP contribution in [0.5, 0.6) is 0 Å². The van der Waals surface area contributed by atoms with E-state index in [1.54, 1.807) is 0 Å². The van der Waals surface area contributed by atoms with E-state index in [4.69, 9.17) is 0 Å². The van der Waals surface area contributed by atoms with Crippen molar-refractivity contribution in [3.8, 4) is 0 Å². The van der Waals surface area contributed by atoms with Crippen LogP contribution >= 0.6 is 15.9 Å². The van der Waals surface area contributed by atoms with Crippen molar-refractivity contribution in [3.05, 3.63) is 22.2 Å². The van der Waals surface area contributed by atoms with Crippen molar-refractivity contribution in [3.63, 3.8) is 0 Å². The standard InChI is InChI=1S/C11H15BrN2O/c1-11(2)6-13-10-7(5-15)8(12)3-4-9(10)14-11/h3-4,13-15H,5-6H2,1-2H3. The third kappa shape index (κ3) is 1.96. The zero-order valence-electron chi connectivity index (χ0n) is 8.89. The number of halogens is 1. The molecule has 1 aliphatic rings. The van der Waals surface area contributed by atoms with Gasteiger partial charge >= 0.3 is 0 Å². The summed E-state index contributed by atoms with van der Waals surface area (Å²) >= 11 is 3.44. The third-order valence-electron chi connectivity index (χ3n) is 2.59. The molecule has 15 heavy (non-hydrogen) atoms. The van der Waals surface area contributed by atoms with Gasteiger partial charge in [0.15, 0.2) is 0 Å². The van der Waals surface area contributed by atoms with Crippen molar-refractivity contribution in [2.45, 2.75) is 26.0 Å². The van der Waals surface area contributed by atoms with Gasteiger partial charge in [0, 0.05) is 22.1 Å². The Morgan fingerprint density at radius 1 is 1.47 bits per heavy atom. The van der Waals surface area contributed by atoms with Gasteiger partial charge in [0.1, 0.15) is 0 Å². The van der Waals surface area contributed by atoms with Gasteiger partial charge in [-0.05, 0) is 26.0 Å². The van der Waals surface area contributed by atoms with Crippen molar-refractivity contribution in [1.82, 2.24) is 0 Å². The zero-order valence-corrected chi connectivity index (χ0v) is 10.5. The summed E-state index contributed by atoms with van der Waals surface area (Å²) in [7, 11) is 0. The molecule has 0 bridgehead atoms. The Bertz CT molecular complexity index is 390. The number of benzene rings is 1. The molecule has 0 saturated carbocycles. The molecule has 1 aromatic carbocycles. The highest BCUT2D eigenvalue weighted by molar-refractivity contribution is 9.10. The molecule has 0 aromatic heterocycles. The Morgan fingerprint density at radius 3 is 2.87 bits per heavy atom. The van der Waals surface area contributed by atoms with Gasteiger partial charge in [-0.15, -0.1) is 0 Å². The Morgan fingerprint density at radius 2 is 2.20 bits per heavy atom. The smallest absolute Gasteiger partial charge is 0.0714 e. The zero-order chi connectivity index (χ0) is 11.1. The van der Waals surface area contributed by atoms with Gasteiger partial charge in [0.2, 0.25) is 0 Å². The van der Waals surface area contributed by atoms with Gasteiger partial charge in [-0.1, -0.05) is 15.9 Å². The van der Waals surface area contributed by atoms with Crippen LogP contribution < -0.4 is 10.6 Å². The monoisotopic (exact) mass is 270 g/mol. The fourth-order valence-corrected chi connectivity index (χ4v) is 2.26. The lowest BCUT2D eigenvalue weighted by molar-refractivity contribution is 0.281. The number of aliphatic hydroxyl groups is 1. The highest BCUT2D eigenvalue weighted by Gasteiger charge is 2.25. The van der Waals surface area contributed by atoms with Gasteiger partial charge in [-0.25, -0.2) is 0 Å². The van der Waals surface area contributed by atoms with Gasteiger partial charge in [-0.2, -0.15) is 0 Å². The van der Waals surface area contributed by atoms with E-state index in [1.807, 2.05) is 12.1 Å². The van der Waals surface area contributed by atoms with Crippen LogP contribution in [0.25, 0.3) is 0 Å². The molecule has 2 rings (SSSR count). The molecule has 0 radical (unpaired) electrons. The molecule has 1 aliphatic heterocycles. The van der Waals surface area contributed by atoms with E-state index in [-0.39, 0.29) is 12.1 Å². The molecule has 0 amide bonds. The Balaban J connectivity index is 2.47. The van der Waals surface area contributed by atoms with E-state index in [9.17, 15) is 5.11 Å². The molecule has 0 saturated heterocycles. The minimum atomic E-state index is 0.0405. The topological polar surface area (TPSA) is 44.3 Å². The SMILES string of the molecule is CC1(C)CNc2c(ccc(Br)c2CO)N1. The minimum Gasteiger partial charge on any atom is -0.392 e. The first kappa shape index (κ1) is 10.8. The fourth-order valence-electron chi connectivity index (χ4n) is 1.80. The van der Waals surface area contributed by atoms with Crippen LogP contribution in [0, 0.1) is 0 Å². The average molecular weight is 271 g/mol. The second-order valence-electron chi connectivity index (χ2n) is 4.47. The first-order valence-corrected chi connectivity index (χ1v) is 5.77. The summed E-state index contributed by atoms with van der Waals surface area (Å²) in [6.45, 7) is 5.18. The molecule has 4 heteroatoms. The third-order valence-corrected chi connectivity index (χ3v) is 3.34. The second-order valence-corrected chi connectivity index (χ2v) is 5.32. The average Bonchev–Trinajstić information content (AvgIpc) is 2.17. The number of rotatable bonds is 1. The molecule has 82 valence electrons. The second kappa shape index (κ2) is 3.68. The van der Waals surface area contributed by atoms with Crippen molar-refractivity contribution in [1.29, 1.82) is 0 Å². The van der Waals surface area contributed by atoms with Crippen LogP contribution in [0.3, 0.4) is 0 Å². The highest BCUT2D eigenvalue weighted by Crippen LogP contribution is 2.36. The summed E-state index contributed by atoms with van der Waals surface area (Å²) in [5.41, 5.74) is 3.02. The van der Waals surface area contributed by atoms with Crippen LogP contribution in [0.1, 0.15) is 19.4 Å². The maximum atomic E-state index is 9.31. The Labute approximate surface area is 98.0 Å². The number of nitrogens with one attached hydrogen (secondary N) is 2. The first-order valence-electron chi connectivity index (χ1n) is 4.98. The van der Waals surface area contributed by atoms with Crippen molar-refractivity contribution < 1.29 is 5.11 Å². The summed E-state index contributed by atoms with van der Waals surface area (Å²) in [6.07, 6.45) is 0. The van der Waals surface area contributed by atoms with Crippen molar-refractivity contribution >= 4 is 27.3 Å². The summed E-state index contributed by atoms with van der Waals surface area (Å²) in [4.78, 5) is 0. The summed E-state index contributed by atoms with van der Waals surface area (Å²) < 4.78 is 0.942. The van der Waals surface area contributed by atoms with Crippen LogP contribution in [0.2, 0.25) is 0 Å². The predicted molar refractivity (Wildman–Crippen MR) is 66.3 cm³/mol. The number of fused-ring (bicyclic) bond motifs is 1. The van der Waals surface area contributed by atoms with E-state index in [0.717, 1.165) is 28.0 Å². The molecular formula is C11H15BrN2O. The molecule has 3 nitrogen and oxygen atoms in total. The lowest BCUT2D eigenvalue weighted by atomic mass is 9.99. The normalized spacial score (nSPS) is 17.6. The molecule has 0 atom stereocenters.